The number of rotatable bonds is 3. The minimum atomic E-state index is -3.25. The van der Waals surface area contributed by atoms with Crippen LogP contribution < -0.4 is 10.0 Å². The highest BCUT2D eigenvalue weighted by atomic mass is 32.2. The van der Waals surface area contributed by atoms with Crippen LogP contribution in [-0.4, -0.2) is 32.3 Å². The van der Waals surface area contributed by atoms with Gasteiger partial charge in [-0.1, -0.05) is 6.92 Å². The van der Waals surface area contributed by atoms with Gasteiger partial charge in [0.05, 0.1) is 4.75 Å². The minimum Gasteiger partial charge on any atom is -0.317 e. The number of nitrogens with one attached hydrogen (secondary N) is 2. The van der Waals surface area contributed by atoms with Gasteiger partial charge in [0, 0.05) is 6.04 Å². The van der Waals surface area contributed by atoms with Crippen molar-refractivity contribution in [3.8, 4) is 0 Å². The molecular formula is C12H26N2O2S. The van der Waals surface area contributed by atoms with E-state index in [4.69, 9.17) is 0 Å². The fraction of sp³-hybridized carbons (Fsp3) is 1.00. The van der Waals surface area contributed by atoms with Gasteiger partial charge in [-0.25, -0.2) is 13.1 Å². The summed E-state index contributed by atoms with van der Waals surface area (Å²) in [6.07, 6.45) is 2.03. The van der Waals surface area contributed by atoms with Crippen molar-refractivity contribution in [2.45, 2.75) is 58.2 Å². The zero-order valence-corrected chi connectivity index (χ0v) is 12.4. The van der Waals surface area contributed by atoms with Crippen LogP contribution in [0.4, 0.5) is 0 Å². The summed E-state index contributed by atoms with van der Waals surface area (Å²) in [7, 11) is -3.25. The van der Waals surface area contributed by atoms with Crippen LogP contribution in [0.15, 0.2) is 0 Å². The molecule has 0 aromatic carbocycles. The van der Waals surface area contributed by atoms with E-state index in [1.165, 1.54) is 0 Å². The SMILES string of the molecule is C[C@H](NS(=O)(=O)C(C)(C)C)C1(C)CCNCC1. The Hall–Kier alpha value is -0.130. The zero-order chi connectivity index (χ0) is 13.3. The van der Waals surface area contributed by atoms with Crippen molar-refractivity contribution < 1.29 is 8.42 Å². The Labute approximate surface area is 106 Å². The molecule has 1 fully saturated rings. The molecule has 0 saturated carbocycles. The maximum Gasteiger partial charge on any atom is 0.216 e. The number of hydrogen-bond acceptors (Lipinski definition) is 3. The molecule has 0 aromatic rings. The molecule has 0 amide bonds. The van der Waals surface area contributed by atoms with Crippen LogP contribution in [0.3, 0.4) is 0 Å². The average molecular weight is 262 g/mol. The lowest BCUT2D eigenvalue weighted by molar-refractivity contribution is 0.180. The summed E-state index contributed by atoms with van der Waals surface area (Å²) in [5.74, 6) is 0. The molecule has 0 spiro atoms. The van der Waals surface area contributed by atoms with Crippen LogP contribution in [0.25, 0.3) is 0 Å². The standard InChI is InChI=1S/C12H26N2O2S/c1-10(12(5)6-8-13-9-7-12)14-17(15,16)11(2,3)4/h10,13-14H,6-9H2,1-5H3/t10-/m0/s1. The van der Waals surface area contributed by atoms with Crippen molar-refractivity contribution in [3.05, 3.63) is 0 Å². The first-order valence-electron chi connectivity index (χ1n) is 6.31. The van der Waals surface area contributed by atoms with Gasteiger partial charge >= 0.3 is 0 Å². The monoisotopic (exact) mass is 262 g/mol. The molecule has 1 atom stereocenters. The van der Waals surface area contributed by atoms with Crippen molar-refractivity contribution in [3.63, 3.8) is 0 Å². The Balaban J connectivity index is 2.75. The van der Waals surface area contributed by atoms with Crippen molar-refractivity contribution >= 4 is 10.0 Å². The van der Waals surface area contributed by atoms with Crippen molar-refractivity contribution in [1.82, 2.24) is 10.0 Å². The molecule has 1 rings (SSSR count). The van der Waals surface area contributed by atoms with Gasteiger partial charge in [-0.15, -0.1) is 0 Å². The topological polar surface area (TPSA) is 58.2 Å². The van der Waals surface area contributed by atoms with E-state index in [-0.39, 0.29) is 11.5 Å². The normalized spacial score (nSPS) is 23.4. The predicted molar refractivity (Wildman–Crippen MR) is 71.5 cm³/mol. The van der Waals surface area contributed by atoms with E-state index in [2.05, 4.69) is 17.0 Å². The summed E-state index contributed by atoms with van der Waals surface area (Å²) in [5.41, 5.74) is 0.0591. The van der Waals surface area contributed by atoms with Crippen LogP contribution in [0, 0.1) is 5.41 Å². The van der Waals surface area contributed by atoms with Crippen LogP contribution in [0.5, 0.6) is 0 Å². The van der Waals surface area contributed by atoms with Crippen LogP contribution in [0.2, 0.25) is 0 Å². The molecule has 1 heterocycles. The third-order valence-electron chi connectivity index (χ3n) is 3.93. The molecule has 0 aromatic heterocycles. The van der Waals surface area contributed by atoms with Gasteiger partial charge in [0.1, 0.15) is 0 Å². The lowest BCUT2D eigenvalue weighted by Crippen LogP contribution is -2.52. The Morgan fingerprint density at radius 2 is 1.71 bits per heavy atom. The Morgan fingerprint density at radius 3 is 2.12 bits per heavy atom. The lowest BCUT2D eigenvalue weighted by atomic mass is 9.76. The summed E-state index contributed by atoms with van der Waals surface area (Å²) in [5, 5.41) is 3.31. The quantitative estimate of drug-likeness (QED) is 0.810. The van der Waals surface area contributed by atoms with E-state index >= 15 is 0 Å². The molecule has 0 radical (unpaired) electrons. The van der Waals surface area contributed by atoms with Crippen LogP contribution >= 0.6 is 0 Å². The zero-order valence-electron chi connectivity index (χ0n) is 11.6. The number of hydrogen-bond donors (Lipinski definition) is 2. The largest absolute Gasteiger partial charge is 0.317 e. The second-order valence-electron chi connectivity index (χ2n) is 6.36. The molecule has 1 saturated heterocycles. The Kier molecular flexibility index (Phi) is 4.27. The summed E-state index contributed by atoms with van der Waals surface area (Å²) >= 11 is 0. The van der Waals surface area contributed by atoms with Gasteiger partial charge < -0.3 is 5.32 Å². The molecule has 2 N–H and O–H groups in total. The van der Waals surface area contributed by atoms with E-state index < -0.39 is 14.8 Å². The highest BCUT2D eigenvalue weighted by Crippen LogP contribution is 2.32. The summed E-state index contributed by atoms with van der Waals surface area (Å²) < 4.78 is 26.3. The number of sulfonamides is 1. The van der Waals surface area contributed by atoms with E-state index in [0.717, 1.165) is 25.9 Å². The molecule has 0 unspecified atom stereocenters. The van der Waals surface area contributed by atoms with E-state index in [0.29, 0.717) is 0 Å². The van der Waals surface area contributed by atoms with Crippen molar-refractivity contribution in [2.75, 3.05) is 13.1 Å². The molecule has 5 heteroatoms. The third-order valence-corrected chi connectivity index (χ3v) is 6.21. The van der Waals surface area contributed by atoms with Crippen LogP contribution in [-0.2, 0) is 10.0 Å². The van der Waals surface area contributed by atoms with Gasteiger partial charge in [-0.2, -0.15) is 0 Å². The fourth-order valence-corrected chi connectivity index (χ4v) is 3.09. The summed E-state index contributed by atoms with van der Waals surface area (Å²) in [6.45, 7) is 11.3. The van der Waals surface area contributed by atoms with Crippen molar-refractivity contribution in [1.29, 1.82) is 0 Å². The van der Waals surface area contributed by atoms with E-state index in [9.17, 15) is 8.42 Å². The maximum absolute atomic E-state index is 12.1. The maximum atomic E-state index is 12.1. The molecule has 0 aliphatic carbocycles. The Morgan fingerprint density at radius 1 is 1.24 bits per heavy atom. The first-order chi connectivity index (χ1) is 7.58. The highest BCUT2D eigenvalue weighted by molar-refractivity contribution is 7.90. The van der Waals surface area contributed by atoms with E-state index in [1.807, 2.05) is 6.92 Å². The molecule has 1 aliphatic rings. The van der Waals surface area contributed by atoms with Crippen LogP contribution in [0.1, 0.15) is 47.5 Å². The van der Waals surface area contributed by atoms with Gasteiger partial charge in [-0.3, -0.25) is 0 Å². The number of piperidine rings is 1. The summed E-state index contributed by atoms with van der Waals surface area (Å²) in [6, 6.07) is -0.0196. The van der Waals surface area contributed by atoms with E-state index in [1.54, 1.807) is 20.8 Å². The second kappa shape index (κ2) is 4.86. The van der Waals surface area contributed by atoms with Gasteiger partial charge in [0.2, 0.25) is 10.0 Å². The van der Waals surface area contributed by atoms with Gasteiger partial charge in [0.15, 0.2) is 0 Å². The van der Waals surface area contributed by atoms with Gasteiger partial charge in [-0.05, 0) is 59.0 Å². The molecular weight excluding hydrogens is 236 g/mol. The Bertz CT molecular complexity index is 351. The molecule has 1 aliphatic heterocycles. The molecule has 4 nitrogen and oxygen atoms in total. The second-order valence-corrected chi connectivity index (χ2v) is 8.83. The average Bonchev–Trinajstić information content (AvgIpc) is 2.16. The first-order valence-corrected chi connectivity index (χ1v) is 7.79. The molecule has 0 bridgehead atoms. The lowest BCUT2D eigenvalue weighted by Gasteiger charge is -2.40. The van der Waals surface area contributed by atoms with Crippen molar-refractivity contribution in [2.24, 2.45) is 5.41 Å². The minimum absolute atomic E-state index is 0.0196. The summed E-state index contributed by atoms with van der Waals surface area (Å²) in [4.78, 5) is 0. The molecule has 102 valence electrons. The molecule has 17 heavy (non-hydrogen) atoms. The van der Waals surface area contributed by atoms with Gasteiger partial charge in [0.25, 0.3) is 0 Å². The predicted octanol–water partition coefficient (Wildman–Crippen LogP) is 1.48. The third kappa shape index (κ3) is 3.42. The smallest absolute Gasteiger partial charge is 0.216 e. The first kappa shape index (κ1) is 14.9. The highest BCUT2D eigenvalue weighted by Gasteiger charge is 2.38. The fourth-order valence-electron chi connectivity index (χ4n) is 1.98.